The molecule has 2 heterocycles. The lowest BCUT2D eigenvalue weighted by atomic mass is 10.3. The van der Waals surface area contributed by atoms with Gasteiger partial charge in [-0.05, 0) is 11.4 Å². The van der Waals surface area contributed by atoms with Crippen molar-refractivity contribution in [1.29, 1.82) is 0 Å². The van der Waals surface area contributed by atoms with Gasteiger partial charge in [-0.1, -0.05) is 6.07 Å². The maximum absolute atomic E-state index is 11.3. The van der Waals surface area contributed by atoms with E-state index in [9.17, 15) is 4.79 Å². The zero-order valence-corrected chi connectivity index (χ0v) is 8.04. The average molecular weight is 208 g/mol. The molecule has 0 unspecified atom stereocenters. The smallest absolute Gasteiger partial charge is 0.256 e. The third-order valence-corrected chi connectivity index (χ3v) is 2.67. The largest absolute Gasteiger partial charge is 0.391 e. The van der Waals surface area contributed by atoms with E-state index in [4.69, 9.17) is 5.11 Å². The van der Waals surface area contributed by atoms with Crippen molar-refractivity contribution in [3.63, 3.8) is 0 Å². The summed E-state index contributed by atoms with van der Waals surface area (Å²) in [7, 11) is 0. The van der Waals surface area contributed by atoms with Gasteiger partial charge in [0, 0.05) is 6.20 Å². The molecule has 0 aliphatic rings. The first-order valence-electron chi connectivity index (χ1n) is 4.04. The molecule has 2 aromatic rings. The van der Waals surface area contributed by atoms with Gasteiger partial charge in [0.2, 0.25) is 0 Å². The Morgan fingerprint density at radius 2 is 2.43 bits per heavy atom. The third kappa shape index (κ3) is 1.59. The fourth-order valence-electron chi connectivity index (χ4n) is 1.07. The van der Waals surface area contributed by atoms with E-state index in [1.807, 2.05) is 17.5 Å². The van der Waals surface area contributed by atoms with Gasteiger partial charge in [0.1, 0.15) is 5.82 Å². The second-order valence-electron chi connectivity index (χ2n) is 2.72. The van der Waals surface area contributed by atoms with E-state index >= 15 is 0 Å². The fraction of sp³-hybridized carbons (Fsp3) is 0.111. The highest BCUT2D eigenvalue weighted by atomic mass is 32.1. The molecule has 2 N–H and O–H groups in total. The number of rotatable bonds is 2. The molecule has 0 aliphatic carbocycles. The van der Waals surface area contributed by atoms with Crippen molar-refractivity contribution in [2.45, 2.75) is 6.61 Å². The van der Waals surface area contributed by atoms with Crippen molar-refractivity contribution in [3.8, 4) is 10.7 Å². The van der Waals surface area contributed by atoms with Gasteiger partial charge in [-0.3, -0.25) is 4.79 Å². The molecular weight excluding hydrogens is 200 g/mol. The van der Waals surface area contributed by atoms with Gasteiger partial charge in [0.05, 0.1) is 17.0 Å². The summed E-state index contributed by atoms with van der Waals surface area (Å²) in [6, 6.07) is 3.77. The van der Waals surface area contributed by atoms with Gasteiger partial charge >= 0.3 is 0 Å². The van der Waals surface area contributed by atoms with Crippen LogP contribution in [-0.2, 0) is 6.61 Å². The Labute approximate surface area is 83.9 Å². The molecule has 0 spiro atoms. The summed E-state index contributed by atoms with van der Waals surface area (Å²) in [5, 5.41) is 10.7. The van der Waals surface area contributed by atoms with E-state index in [1.54, 1.807) is 0 Å². The van der Waals surface area contributed by atoms with Gasteiger partial charge in [-0.25, -0.2) is 4.98 Å². The second kappa shape index (κ2) is 3.73. The van der Waals surface area contributed by atoms with Crippen molar-refractivity contribution in [1.82, 2.24) is 9.97 Å². The molecule has 0 fully saturated rings. The summed E-state index contributed by atoms with van der Waals surface area (Å²) in [5.74, 6) is 0.544. The summed E-state index contributed by atoms with van der Waals surface area (Å²) in [4.78, 5) is 18.9. The summed E-state index contributed by atoms with van der Waals surface area (Å²) >= 11 is 1.50. The van der Waals surface area contributed by atoms with E-state index in [-0.39, 0.29) is 17.7 Å². The van der Waals surface area contributed by atoms with Gasteiger partial charge in [-0.2, -0.15) is 0 Å². The van der Waals surface area contributed by atoms with Gasteiger partial charge in [-0.15, -0.1) is 11.3 Å². The first-order chi connectivity index (χ1) is 6.81. The Morgan fingerprint density at radius 3 is 3.00 bits per heavy atom. The van der Waals surface area contributed by atoms with Crippen LogP contribution in [0.2, 0.25) is 0 Å². The average Bonchev–Trinajstić information content (AvgIpc) is 2.70. The third-order valence-electron chi connectivity index (χ3n) is 1.80. The number of hydrogen-bond donors (Lipinski definition) is 2. The zero-order valence-electron chi connectivity index (χ0n) is 7.23. The lowest BCUT2D eigenvalue weighted by molar-refractivity contribution is 0.279. The van der Waals surface area contributed by atoms with Crippen LogP contribution in [0.15, 0.2) is 28.5 Å². The summed E-state index contributed by atoms with van der Waals surface area (Å²) < 4.78 is 0. The molecule has 0 saturated heterocycles. The number of hydrogen-bond acceptors (Lipinski definition) is 4. The highest BCUT2D eigenvalue weighted by Gasteiger charge is 2.03. The van der Waals surface area contributed by atoms with Crippen LogP contribution in [0.1, 0.15) is 5.56 Å². The fourth-order valence-corrected chi connectivity index (χ4v) is 1.75. The van der Waals surface area contributed by atoms with E-state index in [0.29, 0.717) is 5.82 Å². The molecule has 0 radical (unpaired) electrons. The Kier molecular flexibility index (Phi) is 2.43. The molecule has 0 atom stereocenters. The minimum absolute atomic E-state index is 0.283. The SMILES string of the molecule is O=c1[nH]c(-c2cccs2)ncc1CO. The molecule has 0 amide bonds. The quantitative estimate of drug-likeness (QED) is 0.773. The Morgan fingerprint density at radius 1 is 1.57 bits per heavy atom. The van der Waals surface area contributed by atoms with Crippen molar-refractivity contribution < 1.29 is 5.11 Å². The number of H-pyrrole nitrogens is 1. The van der Waals surface area contributed by atoms with Gasteiger partial charge in [0.25, 0.3) is 5.56 Å². The van der Waals surface area contributed by atoms with Gasteiger partial charge < -0.3 is 10.1 Å². The predicted molar refractivity (Wildman–Crippen MR) is 54.1 cm³/mol. The van der Waals surface area contributed by atoms with Crippen molar-refractivity contribution in [2.24, 2.45) is 0 Å². The zero-order chi connectivity index (χ0) is 9.97. The van der Waals surface area contributed by atoms with Crippen LogP contribution >= 0.6 is 11.3 Å². The first kappa shape index (κ1) is 9.11. The van der Waals surface area contributed by atoms with Crippen LogP contribution in [0.4, 0.5) is 0 Å². The minimum Gasteiger partial charge on any atom is -0.391 e. The number of aromatic amines is 1. The number of nitrogens with zero attached hydrogens (tertiary/aromatic N) is 1. The second-order valence-corrected chi connectivity index (χ2v) is 3.67. The van der Waals surface area contributed by atoms with Crippen LogP contribution in [0, 0.1) is 0 Å². The normalized spacial score (nSPS) is 10.4. The number of nitrogens with one attached hydrogen (secondary N) is 1. The van der Waals surface area contributed by atoms with Crippen LogP contribution in [-0.4, -0.2) is 15.1 Å². The maximum atomic E-state index is 11.3. The molecule has 14 heavy (non-hydrogen) atoms. The topological polar surface area (TPSA) is 66.0 Å². The Bertz CT molecular complexity index is 476. The standard InChI is InChI=1S/C9H8N2O2S/c12-5-6-4-10-8(11-9(6)13)7-2-1-3-14-7/h1-4,12H,5H2,(H,10,11,13). The van der Waals surface area contributed by atoms with Crippen LogP contribution < -0.4 is 5.56 Å². The number of aromatic nitrogens is 2. The molecule has 72 valence electrons. The van der Waals surface area contributed by atoms with Crippen molar-refractivity contribution in [2.75, 3.05) is 0 Å². The molecule has 4 nitrogen and oxygen atoms in total. The van der Waals surface area contributed by atoms with Crippen LogP contribution in [0.25, 0.3) is 10.7 Å². The first-order valence-corrected chi connectivity index (χ1v) is 4.92. The minimum atomic E-state index is -0.286. The maximum Gasteiger partial charge on any atom is 0.256 e. The molecule has 5 heteroatoms. The molecule has 2 rings (SSSR count). The van der Waals surface area contributed by atoms with Crippen molar-refractivity contribution >= 4 is 11.3 Å². The van der Waals surface area contributed by atoms with E-state index in [1.165, 1.54) is 17.5 Å². The molecule has 0 aromatic carbocycles. The predicted octanol–water partition coefficient (Wildman–Crippen LogP) is 0.991. The van der Waals surface area contributed by atoms with Crippen molar-refractivity contribution in [3.05, 3.63) is 39.6 Å². The molecule has 0 aliphatic heterocycles. The van der Waals surface area contributed by atoms with Crippen LogP contribution in [0.5, 0.6) is 0 Å². The monoisotopic (exact) mass is 208 g/mol. The number of thiophene rings is 1. The van der Waals surface area contributed by atoms with E-state index in [2.05, 4.69) is 9.97 Å². The van der Waals surface area contributed by atoms with E-state index in [0.717, 1.165) is 4.88 Å². The lowest BCUT2D eigenvalue weighted by Gasteiger charge is -1.97. The summed E-state index contributed by atoms with van der Waals surface area (Å²) in [6.07, 6.45) is 1.40. The molecular formula is C9H8N2O2S. The summed E-state index contributed by atoms with van der Waals surface area (Å²) in [6.45, 7) is -0.285. The highest BCUT2D eigenvalue weighted by Crippen LogP contribution is 2.19. The molecule has 0 saturated carbocycles. The Hall–Kier alpha value is -1.46. The Balaban J connectivity index is 2.48. The number of aliphatic hydroxyl groups is 1. The van der Waals surface area contributed by atoms with Gasteiger partial charge in [0.15, 0.2) is 0 Å². The number of aliphatic hydroxyl groups excluding tert-OH is 1. The van der Waals surface area contributed by atoms with Crippen LogP contribution in [0.3, 0.4) is 0 Å². The summed E-state index contributed by atoms with van der Waals surface area (Å²) in [5.41, 5.74) is -0.00351. The molecule has 2 aromatic heterocycles. The molecule has 0 bridgehead atoms. The highest BCUT2D eigenvalue weighted by molar-refractivity contribution is 7.13. The van der Waals surface area contributed by atoms with E-state index < -0.39 is 0 Å². The lowest BCUT2D eigenvalue weighted by Crippen LogP contribution is -2.13.